The molecule has 3 aromatic rings. The van der Waals surface area contributed by atoms with Gasteiger partial charge in [-0.2, -0.15) is 0 Å². The molecule has 0 aliphatic carbocycles. The largest absolute Gasteiger partial charge is 0.494 e. The van der Waals surface area contributed by atoms with Gasteiger partial charge in [-0.05, 0) is 26.6 Å². The van der Waals surface area contributed by atoms with Gasteiger partial charge in [-0.1, -0.05) is 31.5 Å². The molecule has 0 spiro atoms. The minimum Gasteiger partial charge on any atom is -0.494 e. The maximum Gasteiger partial charge on any atom is 0.265 e. The highest BCUT2D eigenvalue weighted by Gasteiger charge is 2.24. The lowest BCUT2D eigenvalue weighted by Crippen LogP contribution is -2.31. The summed E-state index contributed by atoms with van der Waals surface area (Å²) in [7, 11) is 5.43. The van der Waals surface area contributed by atoms with Gasteiger partial charge < -0.3 is 19.5 Å². The Bertz CT molecular complexity index is 1050. The van der Waals surface area contributed by atoms with Crippen molar-refractivity contribution in [1.29, 1.82) is 0 Å². The summed E-state index contributed by atoms with van der Waals surface area (Å²) < 4.78 is 8.18. The van der Waals surface area contributed by atoms with Crippen LogP contribution in [0.25, 0.3) is 21.0 Å². The Morgan fingerprint density at radius 3 is 2.71 bits per heavy atom. The highest BCUT2D eigenvalue weighted by Crippen LogP contribution is 2.39. The first-order valence-electron chi connectivity index (χ1n) is 9.54. The zero-order chi connectivity index (χ0) is 20.3. The molecule has 0 aliphatic rings. The number of nitrogens with one attached hydrogen (secondary N) is 1. The number of ether oxygens (including phenoxy) is 1. The fourth-order valence-electron chi connectivity index (χ4n) is 3.30. The highest BCUT2D eigenvalue weighted by molar-refractivity contribution is 7.22. The standard InChI is InChI=1S/C21H27N3O3S/c1-5-6-12-24-15-10-8-7-9-14(15)18-16(21(24)26)17(27-4)19(28-18)20(25)22-11-13-23(2)3/h7-10H,5-6,11-13H2,1-4H3,(H,22,25). The number of para-hydroxylation sites is 1. The molecule has 1 N–H and O–H groups in total. The van der Waals surface area contributed by atoms with Gasteiger partial charge in [0, 0.05) is 25.0 Å². The van der Waals surface area contributed by atoms with Gasteiger partial charge in [-0.25, -0.2) is 0 Å². The van der Waals surface area contributed by atoms with E-state index in [0.717, 1.165) is 35.0 Å². The normalized spacial score (nSPS) is 11.5. The molecule has 0 radical (unpaired) electrons. The number of hydrogen-bond donors (Lipinski definition) is 1. The topological polar surface area (TPSA) is 63.6 Å². The van der Waals surface area contributed by atoms with E-state index in [2.05, 4.69) is 12.2 Å². The van der Waals surface area contributed by atoms with Crippen LogP contribution in [0.1, 0.15) is 29.4 Å². The van der Waals surface area contributed by atoms with E-state index in [1.165, 1.54) is 18.4 Å². The Morgan fingerprint density at radius 2 is 2.04 bits per heavy atom. The monoisotopic (exact) mass is 401 g/mol. The van der Waals surface area contributed by atoms with Crippen LogP contribution in [0.3, 0.4) is 0 Å². The van der Waals surface area contributed by atoms with Crippen molar-refractivity contribution in [3.8, 4) is 5.75 Å². The van der Waals surface area contributed by atoms with Crippen molar-refractivity contribution in [2.45, 2.75) is 26.3 Å². The van der Waals surface area contributed by atoms with Crippen molar-refractivity contribution in [3.63, 3.8) is 0 Å². The zero-order valence-electron chi connectivity index (χ0n) is 16.9. The second kappa shape index (κ2) is 8.75. The number of thiophene rings is 1. The molecule has 2 heterocycles. The van der Waals surface area contributed by atoms with Gasteiger partial charge in [-0.15, -0.1) is 11.3 Å². The average molecular weight is 402 g/mol. The van der Waals surface area contributed by atoms with Gasteiger partial charge in [0.25, 0.3) is 11.5 Å². The first-order chi connectivity index (χ1) is 13.5. The number of carbonyl (C=O) groups excluding carboxylic acids is 1. The minimum atomic E-state index is -0.205. The molecular weight excluding hydrogens is 374 g/mol. The number of nitrogens with zero attached hydrogens (tertiary/aromatic N) is 2. The van der Waals surface area contributed by atoms with Crippen molar-refractivity contribution in [2.24, 2.45) is 0 Å². The van der Waals surface area contributed by atoms with Crippen molar-refractivity contribution in [1.82, 2.24) is 14.8 Å². The maximum absolute atomic E-state index is 13.3. The van der Waals surface area contributed by atoms with Crippen molar-refractivity contribution < 1.29 is 9.53 Å². The molecule has 0 atom stereocenters. The lowest BCUT2D eigenvalue weighted by atomic mass is 10.1. The second-order valence-corrected chi connectivity index (χ2v) is 8.08. The number of rotatable bonds is 8. The van der Waals surface area contributed by atoms with Crippen LogP contribution >= 0.6 is 11.3 Å². The van der Waals surface area contributed by atoms with E-state index in [4.69, 9.17) is 4.74 Å². The Morgan fingerprint density at radius 1 is 1.29 bits per heavy atom. The Labute approximate surface area is 168 Å². The molecule has 0 fully saturated rings. The van der Waals surface area contributed by atoms with E-state index in [0.29, 0.717) is 29.1 Å². The Kier molecular flexibility index (Phi) is 6.36. The fourth-order valence-corrected chi connectivity index (χ4v) is 4.51. The molecule has 3 rings (SSSR count). The number of amides is 1. The molecule has 0 unspecified atom stereocenters. The number of aromatic nitrogens is 1. The van der Waals surface area contributed by atoms with E-state index < -0.39 is 0 Å². The van der Waals surface area contributed by atoms with Crippen LogP contribution in [0.2, 0.25) is 0 Å². The van der Waals surface area contributed by atoms with Gasteiger partial charge in [0.1, 0.15) is 10.3 Å². The number of aryl methyl sites for hydroxylation is 1. The van der Waals surface area contributed by atoms with Crippen LogP contribution in [-0.2, 0) is 6.54 Å². The summed E-state index contributed by atoms with van der Waals surface area (Å²) in [4.78, 5) is 28.5. The number of likely N-dealkylation sites (N-methyl/N-ethyl adjacent to an activating group) is 1. The third-order valence-electron chi connectivity index (χ3n) is 4.75. The predicted octanol–water partition coefficient (Wildman–Crippen LogP) is 3.32. The van der Waals surface area contributed by atoms with Gasteiger partial charge in [0.15, 0.2) is 5.75 Å². The fraction of sp³-hybridized carbons (Fsp3) is 0.429. The summed E-state index contributed by atoms with van der Waals surface area (Å²) in [5.41, 5.74) is 0.805. The molecule has 150 valence electrons. The summed E-state index contributed by atoms with van der Waals surface area (Å²) in [6.45, 7) is 4.03. The third kappa shape index (κ3) is 3.77. The molecule has 7 heteroatoms. The minimum absolute atomic E-state index is 0.0948. The molecule has 1 aromatic carbocycles. The number of methoxy groups -OCH3 is 1. The first kappa shape index (κ1) is 20.4. The number of carbonyl (C=O) groups is 1. The van der Waals surface area contributed by atoms with E-state index in [1.807, 2.05) is 47.8 Å². The van der Waals surface area contributed by atoms with E-state index in [1.54, 1.807) is 0 Å². The SMILES string of the molecule is CCCCn1c(=O)c2c(OC)c(C(=O)NCCN(C)C)sc2c2ccccc21. The quantitative estimate of drug-likeness (QED) is 0.629. The number of unbranched alkanes of at least 4 members (excludes halogenated alkanes) is 1. The van der Waals surface area contributed by atoms with E-state index >= 15 is 0 Å². The van der Waals surface area contributed by atoms with Crippen molar-refractivity contribution in [2.75, 3.05) is 34.3 Å². The lowest BCUT2D eigenvalue weighted by molar-refractivity contribution is 0.0952. The zero-order valence-corrected chi connectivity index (χ0v) is 17.7. The van der Waals surface area contributed by atoms with Crippen LogP contribution in [-0.4, -0.2) is 49.7 Å². The molecule has 0 bridgehead atoms. The number of hydrogen-bond acceptors (Lipinski definition) is 5. The van der Waals surface area contributed by atoms with Gasteiger partial charge >= 0.3 is 0 Å². The van der Waals surface area contributed by atoms with Crippen LogP contribution in [0, 0.1) is 0 Å². The van der Waals surface area contributed by atoms with Crippen molar-refractivity contribution >= 4 is 38.2 Å². The highest BCUT2D eigenvalue weighted by atomic mass is 32.1. The van der Waals surface area contributed by atoms with Crippen LogP contribution in [0.5, 0.6) is 5.75 Å². The van der Waals surface area contributed by atoms with Crippen LogP contribution < -0.4 is 15.6 Å². The molecule has 0 aliphatic heterocycles. The maximum atomic E-state index is 13.3. The van der Waals surface area contributed by atoms with E-state index in [-0.39, 0.29) is 11.5 Å². The smallest absolute Gasteiger partial charge is 0.265 e. The number of pyridine rings is 1. The molecule has 2 aromatic heterocycles. The molecule has 0 saturated carbocycles. The predicted molar refractivity (Wildman–Crippen MR) is 116 cm³/mol. The van der Waals surface area contributed by atoms with Gasteiger partial charge in [0.05, 0.1) is 17.3 Å². The Balaban J connectivity index is 2.19. The first-order valence-corrected chi connectivity index (χ1v) is 10.4. The Hall–Kier alpha value is -2.38. The lowest BCUT2D eigenvalue weighted by Gasteiger charge is -2.11. The summed E-state index contributed by atoms with van der Waals surface area (Å²) in [5.74, 6) is 0.173. The van der Waals surface area contributed by atoms with Crippen molar-refractivity contribution in [3.05, 3.63) is 39.5 Å². The molecule has 1 amide bonds. The van der Waals surface area contributed by atoms with Gasteiger partial charge in [0.2, 0.25) is 0 Å². The van der Waals surface area contributed by atoms with Gasteiger partial charge in [-0.3, -0.25) is 9.59 Å². The number of benzene rings is 1. The molecule has 0 saturated heterocycles. The van der Waals surface area contributed by atoms with Crippen LogP contribution in [0.4, 0.5) is 0 Å². The summed E-state index contributed by atoms with van der Waals surface area (Å²) in [6.07, 6.45) is 1.92. The third-order valence-corrected chi connectivity index (χ3v) is 5.96. The average Bonchev–Trinajstić information content (AvgIpc) is 3.08. The summed E-state index contributed by atoms with van der Waals surface area (Å²) >= 11 is 1.33. The number of fused-ring (bicyclic) bond motifs is 3. The molecule has 28 heavy (non-hydrogen) atoms. The van der Waals surface area contributed by atoms with Crippen LogP contribution in [0.15, 0.2) is 29.1 Å². The molecular formula is C21H27N3O3S. The molecule has 6 nitrogen and oxygen atoms in total. The summed E-state index contributed by atoms with van der Waals surface area (Å²) in [6, 6.07) is 7.87. The second-order valence-electron chi connectivity index (χ2n) is 7.06. The summed E-state index contributed by atoms with van der Waals surface area (Å²) in [5, 5.41) is 4.40. The van der Waals surface area contributed by atoms with E-state index in [9.17, 15) is 9.59 Å².